The number of hydrogen-bond acceptors (Lipinski definition) is 2. The molecule has 0 heterocycles. The quantitative estimate of drug-likeness (QED) is 0.724. The number of rotatable bonds is 0. The van der Waals surface area contributed by atoms with Gasteiger partial charge in [0, 0.05) is 11.8 Å². The molecule has 114 valence electrons. The third-order valence-electron chi connectivity index (χ3n) is 6.73. The van der Waals surface area contributed by atoms with Crippen LogP contribution in [0.15, 0.2) is 0 Å². The van der Waals surface area contributed by atoms with Gasteiger partial charge >= 0.3 is 0 Å². The maximum atomic E-state index is 12.3. The van der Waals surface area contributed by atoms with Crippen molar-refractivity contribution in [2.45, 2.75) is 83.7 Å². The molecular weight excluding hydrogens is 248 g/mol. The maximum absolute atomic E-state index is 12.3. The molecule has 1 N–H and O–H groups in total. The Kier molecular flexibility index (Phi) is 4.21. The molecule has 0 aromatic carbocycles. The lowest BCUT2D eigenvalue weighted by molar-refractivity contribution is -0.130. The molecule has 3 aliphatic rings. The maximum Gasteiger partial charge on any atom is 0.139 e. The average molecular weight is 278 g/mol. The van der Waals surface area contributed by atoms with E-state index in [0.29, 0.717) is 11.7 Å². The summed E-state index contributed by atoms with van der Waals surface area (Å²) in [6, 6.07) is 0. The molecule has 3 unspecified atom stereocenters. The molecule has 0 radical (unpaired) electrons. The Bertz CT molecular complexity index is 364. The minimum Gasteiger partial charge on any atom is -0.393 e. The Hall–Kier alpha value is -0.370. The number of aliphatic hydroxyl groups is 1. The number of Topliss-reactive ketones (excluding diaryl/α,β-unsaturated/α-hetero) is 1. The van der Waals surface area contributed by atoms with Crippen molar-refractivity contribution >= 4 is 5.78 Å². The minimum atomic E-state index is -0.0616. The first kappa shape index (κ1) is 14.6. The van der Waals surface area contributed by atoms with Gasteiger partial charge in [-0.3, -0.25) is 4.79 Å². The fraction of sp³-hybridized carbons (Fsp3) is 0.944. The van der Waals surface area contributed by atoms with E-state index < -0.39 is 0 Å². The van der Waals surface area contributed by atoms with Crippen molar-refractivity contribution in [2.24, 2.45) is 23.2 Å². The van der Waals surface area contributed by atoms with Gasteiger partial charge < -0.3 is 5.11 Å². The summed E-state index contributed by atoms with van der Waals surface area (Å²) in [4.78, 5) is 12.3. The molecule has 0 aliphatic heterocycles. The molecule has 0 amide bonds. The average Bonchev–Trinajstić information content (AvgIpc) is 2.73. The molecule has 0 bridgehead atoms. The second kappa shape index (κ2) is 5.79. The van der Waals surface area contributed by atoms with Gasteiger partial charge in [-0.2, -0.15) is 0 Å². The van der Waals surface area contributed by atoms with Crippen molar-refractivity contribution in [1.82, 2.24) is 0 Å². The minimum absolute atomic E-state index is 0.0186. The van der Waals surface area contributed by atoms with E-state index in [0.717, 1.165) is 43.9 Å². The summed E-state index contributed by atoms with van der Waals surface area (Å²) in [7, 11) is 0. The summed E-state index contributed by atoms with van der Waals surface area (Å²) in [5.41, 5.74) is 0.0186. The predicted molar refractivity (Wildman–Crippen MR) is 80.4 cm³/mol. The van der Waals surface area contributed by atoms with Gasteiger partial charge in [0.25, 0.3) is 0 Å². The Morgan fingerprint density at radius 3 is 2.60 bits per heavy atom. The van der Waals surface area contributed by atoms with Gasteiger partial charge in [-0.15, -0.1) is 0 Å². The smallest absolute Gasteiger partial charge is 0.139 e. The summed E-state index contributed by atoms with van der Waals surface area (Å²) in [6.45, 7) is 2.26. The third-order valence-corrected chi connectivity index (χ3v) is 6.73. The fourth-order valence-electron chi connectivity index (χ4n) is 5.45. The van der Waals surface area contributed by atoms with Gasteiger partial charge in [0.15, 0.2) is 0 Å². The predicted octanol–water partition coefficient (Wildman–Crippen LogP) is 4.10. The summed E-state index contributed by atoms with van der Waals surface area (Å²) in [5, 5.41) is 9.91. The van der Waals surface area contributed by atoms with Crippen LogP contribution in [0.1, 0.15) is 77.6 Å². The van der Waals surface area contributed by atoms with E-state index in [9.17, 15) is 9.90 Å². The van der Waals surface area contributed by atoms with E-state index in [4.69, 9.17) is 0 Å². The summed E-state index contributed by atoms with van der Waals surface area (Å²) < 4.78 is 0. The van der Waals surface area contributed by atoms with Crippen LogP contribution < -0.4 is 0 Å². The summed E-state index contributed by atoms with van der Waals surface area (Å²) in [6.07, 6.45) is 12.5. The van der Waals surface area contributed by atoms with Crippen LogP contribution in [0.5, 0.6) is 0 Å². The standard InChI is InChI=1S/C18H30O2/c1-18-12-11-13-5-4-7-14(19)6-2-3-8-15(13)16(18)9-10-17(18)20/h13-16,19H,2-12H2,1H3/t13?,14?,15-,16?,18+/m0/s1. The molecule has 3 fully saturated rings. The van der Waals surface area contributed by atoms with Crippen LogP contribution in [0.3, 0.4) is 0 Å². The molecule has 5 atom stereocenters. The monoisotopic (exact) mass is 278 g/mol. The summed E-state index contributed by atoms with van der Waals surface area (Å²) >= 11 is 0. The van der Waals surface area contributed by atoms with Gasteiger partial charge in [0.2, 0.25) is 0 Å². The van der Waals surface area contributed by atoms with E-state index in [2.05, 4.69) is 6.92 Å². The lowest BCUT2D eigenvalue weighted by atomic mass is 9.58. The van der Waals surface area contributed by atoms with Crippen LogP contribution in [0.4, 0.5) is 0 Å². The van der Waals surface area contributed by atoms with Crippen molar-refractivity contribution < 1.29 is 9.90 Å². The largest absolute Gasteiger partial charge is 0.393 e. The zero-order chi connectivity index (χ0) is 14.2. The number of hydrogen-bond donors (Lipinski definition) is 1. The lowest BCUT2D eigenvalue weighted by Crippen LogP contribution is -2.41. The van der Waals surface area contributed by atoms with Crippen LogP contribution in [0, 0.1) is 23.2 Å². The highest BCUT2D eigenvalue weighted by molar-refractivity contribution is 5.87. The molecule has 2 nitrogen and oxygen atoms in total. The molecular formula is C18H30O2. The molecule has 3 aliphatic carbocycles. The van der Waals surface area contributed by atoms with E-state index in [1.165, 1.54) is 38.5 Å². The van der Waals surface area contributed by atoms with Crippen molar-refractivity contribution in [3.8, 4) is 0 Å². The Balaban J connectivity index is 1.74. The van der Waals surface area contributed by atoms with Crippen molar-refractivity contribution in [2.75, 3.05) is 0 Å². The van der Waals surface area contributed by atoms with Crippen LogP contribution >= 0.6 is 0 Å². The number of aliphatic hydroxyl groups excluding tert-OH is 1. The Labute approximate surface area is 123 Å². The normalized spacial score (nSPS) is 46.6. The molecule has 0 aromatic heterocycles. The van der Waals surface area contributed by atoms with Crippen LogP contribution in [0.25, 0.3) is 0 Å². The zero-order valence-corrected chi connectivity index (χ0v) is 12.9. The molecule has 2 heteroatoms. The van der Waals surface area contributed by atoms with Crippen molar-refractivity contribution in [1.29, 1.82) is 0 Å². The first-order valence-corrected chi connectivity index (χ1v) is 8.82. The van der Waals surface area contributed by atoms with Gasteiger partial charge in [0.05, 0.1) is 6.10 Å². The first-order chi connectivity index (χ1) is 9.61. The van der Waals surface area contributed by atoms with E-state index >= 15 is 0 Å². The fourth-order valence-corrected chi connectivity index (χ4v) is 5.45. The zero-order valence-electron chi connectivity index (χ0n) is 12.9. The molecule has 3 rings (SSSR count). The highest BCUT2D eigenvalue weighted by atomic mass is 16.3. The first-order valence-electron chi connectivity index (χ1n) is 8.82. The molecule has 0 saturated heterocycles. The van der Waals surface area contributed by atoms with E-state index in [1.54, 1.807) is 0 Å². The number of fused-ring (bicyclic) bond motifs is 3. The molecule has 20 heavy (non-hydrogen) atoms. The molecule has 0 aromatic rings. The molecule has 0 spiro atoms. The van der Waals surface area contributed by atoms with Gasteiger partial charge in [-0.1, -0.05) is 32.6 Å². The second-order valence-corrected chi connectivity index (χ2v) is 7.82. The second-order valence-electron chi connectivity index (χ2n) is 7.82. The lowest BCUT2D eigenvalue weighted by Gasteiger charge is -2.46. The topological polar surface area (TPSA) is 37.3 Å². The number of carbonyl (C=O) groups excluding carboxylic acids is 1. The number of ketones is 1. The van der Waals surface area contributed by atoms with Crippen LogP contribution in [0.2, 0.25) is 0 Å². The van der Waals surface area contributed by atoms with Crippen molar-refractivity contribution in [3.05, 3.63) is 0 Å². The van der Waals surface area contributed by atoms with E-state index in [1.807, 2.05) is 0 Å². The third kappa shape index (κ3) is 2.56. The molecule has 3 saturated carbocycles. The van der Waals surface area contributed by atoms with Crippen molar-refractivity contribution in [3.63, 3.8) is 0 Å². The van der Waals surface area contributed by atoms with Gasteiger partial charge in [-0.25, -0.2) is 0 Å². The highest BCUT2D eigenvalue weighted by Gasteiger charge is 2.52. The summed E-state index contributed by atoms with van der Waals surface area (Å²) in [5.74, 6) is 2.83. The van der Waals surface area contributed by atoms with Gasteiger partial charge in [0.1, 0.15) is 5.78 Å². The number of carbonyl (C=O) groups is 1. The van der Waals surface area contributed by atoms with Crippen LogP contribution in [-0.4, -0.2) is 17.0 Å². The Morgan fingerprint density at radius 2 is 1.75 bits per heavy atom. The van der Waals surface area contributed by atoms with Crippen LogP contribution in [-0.2, 0) is 4.79 Å². The van der Waals surface area contributed by atoms with Gasteiger partial charge in [-0.05, 0) is 56.3 Å². The SMILES string of the molecule is C[C@@]12CCC3CCCC(O)CCCC[C@@H]3C1CCC2=O. The van der Waals surface area contributed by atoms with E-state index in [-0.39, 0.29) is 11.5 Å². The highest BCUT2D eigenvalue weighted by Crippen LogP contribution is 2.56. The Morgan fingerprint density at radius 1 is 1.00 bits per heavy atom.